The summed E-state index contributed by atoms with van der Waals surface area (Å²) in [6.45, 7) is 0. The number of nitrogens with zero attached hydrogens (tertiary/aromatic N) is 3. The normalized spacial score (nSPS) is 10.6. The van der Waals surface area contributed by atoms with Crippen molar-refractivity contribution in [3.05, 3.63) is 76.0 Å². The van der Waals surface area contributed by atoms with Gasteiger partial charge in [0.2, 0.25) is 0 Å². The second-order valence-electron chi connectivity index (χ2n) is 4.57. The Morgan fingerprint density at radius 1 is 1.04 bits per heavy atom. The first-order chi connectivity index (χ1) is 11.6. The monoisotopic (exact) mass is 377 g/mol. The van der Waals surface area contributed by atoms with Crippen molar-refractivity contribution in [3.8, 4) is 12.1 Å². The van der Waals surface area contributed by atoms with Crippen LogP contribution >= 0.6 is 15.9 Å². The van der Waals surface area contributed by atoms with Crippen LogP contribution in [0.25, 0.3) is 5.70 Å². The van der Waals surface area contributed by atoms with Crippen LogP contribution in [0.15, 0.2) is 70.5 Å². The number of nitriles is 2. The van der Waals surface area contributed by atoms with E-state index >= 15 is 0 Å². The predicted octanol–water partition coefficient (Wildman–Crippen LogP) is 3.05. The quantitative estimate of drug-likeness (QED) is 0.221. The third kappa shape index (κ3) is 3.53. The fourth-order valence-corrected chi connectivity index (χ4v) is 2.28. The van der Waals surface area contributed by atoms with E-state index < -0.39 is 5.78 Å². The molecule has 6 heteroatoms. The molecule has 1 aromatic heterocycles. The molecule has 0 atom stereocenters. The first kappa shape index (κ1) is 17.1. The highest BCUT2D eigenvalue weighted by Crippen LogP contribution is 2.19. The number of carbonyl (C=O) groups excluding carboxylic acids is 1. The van der Waals surface area contributed by atoms with E-state index in [4.69, 9.17) is 10.7 Å². The van der Waals surface area contributed by atoms with Gasteiger partial charge in [0.15, 0.2) is 18.0 Å². The lowest BCUT2D eigenvalue weighted by Crippen LogP contribution is -2.37. The zero-order valence-corrected chi connectivity index (χ0v) is 13.9. The Morgan fingerprint density at radius 3 is 2.17 bits per heavy atom. The van der Waals surface area contributed by atoms with E-state index in [-0.39, 0.29) is 16.8 Å². The summed E-state index contributed by atoms with van der Waals surface area (Å²) in [4.78, 5) is 12.9. The molecular formula is C18H10BrN4O+. The lowest BCUT2D eigenvalue weighted by Gasteiger charge is -2.04. The third-order valence-electron chi connectivity index (χ3n) is 3.13. The Balaban J connectivity index is 2.76. The van der Waals surface area contributed by atoms with Crippen molar-refractivity contribution in [1.82, 2.24) is 0 Å². The Bertz CT molecular complexity index is 941. The van der Waals surface area contributed by atoms with Gasteiger partial charge in [0.25, 0.3) is 11.5 Å². The van der Waals surface area contributed by atoms with Crippen molar-refractivity contribution in [3.63, 3.8) is 0 Å². The Kier molecular flexibility index (Phi) is 5.54. The number of rotatable bonds is 4. The molecular weight excluding hydrogens is 368 g/mol. The van der Waals surface area contributed by atoms with Gasteiger partial charge < -0.3 is 0 Å². The summed E-state index contributed by atoms with van der Waals surface area (Å²) in [5.41, 5.74) is -0.137. The number of allylic oxidation sites excluding steroid dienone is 3. The SMILES string of the molecule is N#CC(=C=N)/C(C#N)=C(\C(=O)c1ccc(Br)cc1)[n+]1ccccc1. The number of pyridine rings is 1. The van der Waals surface area contributed by atoms with Crippen LogP contribution in [0.5, 0.6) is 0 Å². The van der Waals surface area contributed by atoms with E-state index in [2.05, 4.69) is 15.9 Å². The van der Waals surface area contributed by atoms with E-state index in [1.165, 1.54) is 4.57 Å². The molecule has 2 aromatic rings. The Hall–Kier alpha value is -3.31. The van der Waals surface area contributed by atoms with E-state index in [1.807, 2.05) is 11.9 Å². The second-order valence-corrected chi connectivity index (χ2v) is 5.48. The minimum absolute atomic E-state index is 0.00303. The third-order valence-corrected chi connectivity index (χ3v) is 3.66. The highest BCUT2D eigenvalue weighted by Gasteiger charge is 2.29. The van der Waals surface area contributed by atoms with Gasteiger partial charge in [-0.1, -0.05) is 22.0 Å². The van der Waals surface area contributed by atoms with E-state index in [1.54, 1.807) is 60.9 Å². The van der Waals surface area contributed by atoms with Crippen LogP contribution in [0, 0.1) is 28.1 Å². The summed E-state index contributed by atoms with van der Waals surface area (Å²) >= 11 is 3.30. The van der Waals surface area contributed by atoms with E-state index in [0.29, 0.717) is 5.56 Å². The minimum atomic E-state index is -0.432. The summed E-state index contributed by atoms with van der Waals surface area (Å²) < 4.78 is 2.27. The first-order valence-corrected chi connectivity index (χ1v) is 7.53. The maximum absolute atomic E-state index is 12.9. The van der Waals surface area contributed by atoms with Gasteiger partial charge in [-0.2, -0.15) is 15.1 Å². The topological polar surface area (TPSA) is 92.4 Å². The fraction of sp³-hybridized carbons (Fsp3) is 0. The molecule has 0 aliphatic carbocycles. The van der Waals surface area contributed by atoms with Gasteiger partial charge in [0.05, 0.1) is 0 Å². The highest BCUT2D eigenvalue weighted by atomic mass is 79.9. The van der Waals surface area contributed by atoms with Crippen LogP contribution in [0.3, 0.4) is 0 Å². The number of Topliss-reactive ketones (excluding diaryl/α,β-unsaturated/α-hetero) is 1. The lowest BCUT2D eigenvalue weighted by molar-refractivity contribution is -0.577. The molecule has 0 unspecified atom stereocenters. The molecule has 24 heavy (non-hydrogen) atoms. The van der Waals surface area contributed by atoms with Crippen molar-refractivity contribution in [2.24, 2.45) is 0 Å². The standard InChI is InChI=1S/C18H10BrN4O/c19-15-6-4-13(5-7-15)18(24)17(23-8-2-1-3-9-23)16(12-22)14(10-20)11-21/h1-9,20H/q+1/b17-16+. The van der Waals surface area contributed by atoms with Gasteiger partial charge in [-0.15, -0.1) is 0 Å². The number of hydrogen-bond acceptors (Lipinski definition) is 4. The van der Waals surface area contributed by atoms with Crippen molar-refractivity contribution in [1.29, 1.82) is 15.9 Å². The summed E-state index contributed by atoms with van der Waals surface area (Å²) in [6.07, 6.45) is 3.20. The molecule has 0 aliphatic heterocycles. The molecule has 0 bridgehead atoms. The summed E-state index contributed by atoms with van der Waals surface area (Å²) in [7, 11) is 0. The van der Waals surface area contributed by atoms with Crippen LogP contribution in [0.4, 0.5) is 0 Å². The molecule has 0 fully saturated rings. The minimum Gasteiger partial charge on any atom is -0.282 e. The van der Waals surface area contributed by atoms with Crippen molar-refractivity contribution >= 4 is 33.3 Å². The molecule has 5 nitrogen and oxygen atoms in total. The molecule has 0 aliphatic rings. The van der Waals surface area contributed by atoms with Gasteiger partial charge in [-0.05, 0) is 30.1 Å². The van der Waals surface area contributed by atoms with E-state index in [9.17, 15) is 10.1 Å². The highest BCUT2D eigenvalue weighted by molar-refractivity contribution is 9.10. The van der Waals surface area contributed by atoms with Crippen LogP contribution in [0.2, 0.25) is 0 Å². The van der Waals surface area contributed by atoms with Crippen LogP contribution in [-0.2, 0) is 0 Å². The van der Waals surface area contributed by atoms with Gasteiger partial charge in [-0.25, -0.2) is 0 Å². The molecule has 0 spiro atoms. The molecule has 1 aromatic carbocycles. The van der Waals surface area contributed by atoms with Crippen LogP contribution in [-0.4, -0.2) is 11.7 Å². The fourth-order valence-electron chi connectivity index (χ4n) is 2.02. The maximum Gasteiger partial charge on any atom is 0.278 e. The van der Waals surface area contributed by atoms with Crippen LogP contribution in [0.1, 0.15) is 10.4 Å². The molecule has 0 radical (unpaired) electrons. The molecule has 1 heterocycles. The number of benzene rings is 1. The Labute approximate surface area is 147 Å². The summed E-state index contributed by atoms with van der Waals surface area (Å²) in [5.74, 6) is 1.49. The average Bonchev–Trinajstić information content (AvgIpc) is 2.63. The van der Waals surface area contributed by atoms with Gasteiger partial charge in [-0.3, -0.25) is 10.2 Å². The summed E-state index contributed by atoms with van der Waals surface area (Å²) in [5, 5.41) is 25.8. The zero-order chi connectivity index (χ0) is 17.5. The molecule has 2 rings (SSSR count). The van der Waals surface area contributed by atoms with Gasteiger partial charge >= 0.3 is 0 Å². The second kappa shape index (κ2) is 7.80. The maximum atomic E-state index is 12.9. The molecule has 0 amide bonds. The number of aromatic nitrogens is 1. The number of ketones is 1. The van der Waals surface area contributed by atoms with Crippen molar-refractivity contribution in [2.45, 2.75) is 0 Å². The van der Waals surface area contributed by atoms with Crippen molar-refractivity contribution in [2.75, 3.05) is 0 Å². The molecule has 0 saturated carbocycles. The Morgan fingerprint density at radius 2 is 1.67 bits per heavy atom. The molecule has 1 N–H and O–H groups in total. The lowest BCUT2D eigenvalue weighted by atomic mass is 10.0. The van der Waals surface area contributed by atoms with E-state index in [0.717, 1.165) is 4.47 Å². The van der Waals surface area contributed by atoms with Crippen molar-refractivity contribution < 1.29 is 9.36 Å². The predicted molar refractivity (Wildman–Crippen MR) is 90.8 cm³/mol. The number of halogens is 1. The average molecular weight is 378 g/mol. The number of nitrogens with one attached hydrogen (secondary N) is 1. The number of carbonyl (C=O) groups is 1. The number of hydrogen-bond donors (Lipinski definition) is 1. The van der Waals surface area contributed by atoms with Gasteiger partial charge in [0, 0.05) is 22.2 Å². The first-order valence-electron chi connectivity index (χ1n) is 6.74. The zero-order valence-electron chi connectivity index (χ0n) is 12.3. The van der Waals surface area contributed by atoms with Gasteiger partial charge in [0.1, 0.15) is 17.7 Å². The largest absolute Gasteiger partial charge is 0.282 e. The smallest absolute Gasteiger partial charge is 0.278 e. The summed E-state index contributed by atoms with van der Waals surface area (Å²) in [6, 6.07) is 15.4. The molecule has 0 saturated heterocycles. The van der Waals surface area contributed by atoms with Crippen LogP contribution < -0.4 is 4.57 Å². The molecule has 114 valence electrons.